The summed E-state index contributed by atoms with van der Waals surface area (Å²) in [5.41, 5.74) is 18.0. The Hall–Kier alpha value is -2.87. The summed E-state index contributed by atoms with van der Waals surface area (Å²) < 4.78 is 0. The molecule has 2 aromatic rings. The maximum Gasteiger partial charge on any atom is 0.302 e. The number of benzene rings is 1. The van der Waals surface area contributed by atoms with Crippen LogP contribution in [0.1, 0.15) is 21.6 Å². The Bertz CT molecular complexity index is 754. The maximum atomic E-state index is 11.7. The summed E-state index contributed by atoms with van der Waals surface area (Å²) in [5.74, 6) is -1.04. The number of aryl methyl sites for hydroxylation is 1. The van der Waals surface area contributed by atoms with Crippen LogP contribution < -0.4 is 22.5 Å². The predicted octanol–water partition coefficient (Wildman–Crippen LogP) is 1.05. The second-order valence-electron chi connectivity index (χ2n) is 4.78. The number of hydrogen-bond acceptors (Lipinski definition) is 5. The van der Waals surface area contributed by atoms with E-state index in [9.17, 15) is 4.79 Å². The molecule has 1 heterocycles. The predicted molar refractivity (Wildman–Crippen MR) is 90.1 cm³/mol. The van der Waals surface area contributed by atoms with Gasteiger partial charge in [-0.1, -0.05) is 41.4 Å². The molecule has 0 unspecified atom stereocenters. The molecule has 0 saturated heterocycles. The largest absolute Gasteiger partial charge is 0.382 e. The fourth-order valence-corrected chi connectivity index (χ4v) is 1.95. The monoisotopic (exact) mass is 333 g/mol. The minimum absolute atomic E-state index is 0.000421. The van der Waals surface area contributed by atoms with Crippen LogP contribution in [0.2, 0.25) is 5.15 Å². The molecule has 7 N–H and O–H groups in total. The van der Waals surface area contributed by atoms with Gasteiger partial charge in [0.25, 0.3) is 0 Å². The molecular weight excluding hydrogens is 318 g/mol. The third-order valence-corrected chi connectivity index (χ3v) is 3.16. The topological polar surface area (TPSA) is 145 Å². The summed E-state index contributed by atoms with van der Waals surface area (Å²) >= 11 is 6.02. The lowest BCUT2D eigenvalue weighted by Gasteiger charge is -2.09. The van der Waals surface area contributed by atoms with E-state index in [2.05, 4.69) is 20.3 Å². The van der Waals surface area contributed by atoms with Gasteiger partial charge in [-0.25, -0.2) is 9.97 Å². The van der Waals surface area contributed by atoms with Crippen LogP contribution >= 0.6 is 11.6 Å². The summed E-state index contributed by atoms with van der Waals surface area (Å²) in [5, 5.41) is 3.01. The molecule has 0 aliphatic carbocycles. The number of nitrogen functional groups attached to an aromatic ring is 1. The van der Waals surface area contributed by atoms with Crippen LogP contribution in [-0.4, -0.2) is 21.8 Å². The zero-order valence-corrected chi connectivity index (χ0v) is 13.1. The number of carbonyl (C=O) groups excluding carboxylic acids is 1. The van der Waals surface area contributed by atoms with Gasteiger partial charge in [-0.2, -0.15) is 4.99 Å². The molecule has 0 atom stereocenters. The summed E-state index contributed by atoms with van der Waals surface area (Å²) in [6.07, 6.45) is 0. The van der Waals surface area contributed by atoms with Crippen molar-refractivity contribution in [2.45, 2.75) is 13.5 Å². The van der Waals surface area contributed by atoms with E-state index in [4.69, 9.17) is 28.8 Å². The number of nitrogens with one attached hydrogen (secondary N) is 1. The normalized spacial score (nSPS) is 10.2. The first-order chi connectivity index (χ1) is 10.9. The van der Waals surface area contributed by atoms with Crippen molar-refractivity contribution in [2.75, 3.05) is 11.1 Å². The number of halogens is 1. The second-order valence-corrected chi connectivity index (χ2v) is 5.14. The van der Waals surface area contributed by atoms with Crippen LogP contribution in [-0.2, 0) is 6.54 Å². The van der Waals surface area contributed by atoms with Crippen molar-refractivity contribution < 1.29 is 4.79 Å². The van der Waals surface area contributed by atoms with Crippen LogP contribution in [0.5, 0.6) is 0 Å². The minimum atomic E-state index is -0.804. The molecule has 8 nitrogen and oxygen atoms in total. The fraction of sp³-hybridized carbons (Fsp3) is 0.143. The van der Waals surface area contributed by atoms with E-state index < -0.39 is 11.9 Å². The molecule has 1 aromatic heterocycles. The van der Waals surface area contributed by atoms with Crippen LogP contribution in [0.4, 0.5) is 11.6 Å². The number of carbonyl (C=O) groups is 1. The molecule has 0 aliphatic rings. The third kappa shape index (κ3) is 4.30. The van der Waals surface area contributed by atoms with E-state index in [1.807, 2.05) is 31.2 Å². The van der Waals surface area contributed by atoms with E-state index in [0.29, 0.717) is 6.54 Å². The van der Waals surface area contributed by atoms with Gasteiger partial charge in [-0.3, -0.25) is 4.79 Å². The summed E-state index contributed by atoms with van der Waals surface area (Å²) in [7, 11) is 0. The van der Waals surface area contributed by atoms with E-state index in [-0.39, 0.29) is 22.5 Å². The Balaban J connectivity index is 2.18. The third-order valence-electron chi connectivity index (χ3n) is 2.89. The fourth-order valence-electron chi connectivity index (χ4n) is 1.76. The average molecular weight is 334 g/mol. The highest BCUT2D eigenvalue weighted by atomic mass is 35.5. The van der Waals surface area contributed by atoms with Crippen molar-refractivity contribution in [3.8, 4) is 0 Å². The smallest absolute Gasteiger partial charge is 0.302 e. The van der Waals surface area contributed by atoms with Crippen molar-refractivity contribution in [1.29, 1.82) is 0 Å². The van der Waals surface area contributed by atoms with Gasteiger partial charge in [0.1, 0.15) is 0 Å². The molecule has 0 radical (unpaired) electrons. The Morgan fingerprint density at radius 2 is 1.91 bits per heavy atom. The number of aromatic nitrogens is 2. The highest BCUT2D eigenvalue weighted by Crippen LogP contribution is 2.21. The molecule has 9 heteroatoms. The molecule has 23 heavy (non-hydrogen) atoms. The van der Waals surface area contributed by atoms with Gasteiger partial charge in [0.2, 0.25) is 0 Å². The number of guanidine groups is 1. The Labute approximate surface area is 137 Å². The van der Waals surface area contributed by atoms with Crippen molar-refractivity contribution >= 4 is 35.1 Å². The van der Waals surface area contributed by atoms with Crippen LogP contribution in [0.25, 0.3) is 0 Å². The van der Waals surface area contributed by atoms with Gasteiger partial charge < -0.3 is 22.5 Å². The van der Waals surface area contributed by atoms with E-state index in [1.165, 1.54) is 5.56 Å². The molecule has 0 fully saturated rings. The number of hydrogen-bond donors (Lipinski definition) is 4. The first kappa shape index (κ1) is 16.5. The number of rotatable bonds is 4. The van der Waals surface area contributed by atoms with E-state index in [0.717, 1.165) is 5.56 Å². The van der Waals surface area contributed by atoms with Crippen LogP contribution in [0, 0.1) is 6.92 Å². The summed E-state index contributed by atoms with van der Waals surface area (Å²) in [6, 6.07) is 7.94. The first-order valence-electron chi connectivity index (χ1n) is 6.63. The number of amides is 1. The van der Waals surface area contributed by atoms with Gasteiger partial charge in [-0.05, 0) is 12.5 Å². The highest BCUT2D eigenvalue weighted by Gasteiger charge is 2.16. The zero-order chi connectivity index (χ0) is 17.0. The Kier molecular flexibility index (Phi) is 4.97. The molecule has 1 amide bonds. The summed E-state index contributed by atoms with van der Waals surface area (Å²) in [4.78, 5) is 23.0. The van der Waals surface area contributed by atoms with Crippen LogP contribution in [0.3, 0.4) is 0 Å². The quantitative estimate of drug-likeness (QED) is 0.483. The lowest BCUT2D eigenvalue weighted by atomic mass is 10.1. The van der Waals surface area contributed by atoms with Crippen molar-refractivity contribution in [3.63, 3.8) is 0 Å². The van der Waals surface area contributed by atoms with Crippen molar-refractivity contribution in [3.05, 3.63) is 46.2 Å². The molecule has 2 rings (SSSR count). The molecule has 1 aromatic carbocycles. The molecule has 0 aliphatic heterocycles. The Morgan fingerprint density at radius 3 is 2.52 bits per heavy atom. The summed E-state index contributed by atoms with van der Waals surface area (Å²) in [6.45, 7) is 2.49. The molecule has 0 saturated carbocycles. The molecular formula is C14H16ClN7O. The van der Waals surface area contributed by atoms with E-state index >= 15 is 0 Å². The molecule has 120 valence electrons. The minimum Gasteiger partial charge on any atom is -0.382 e. The second kappa shape index (κ2) is 6.93. The van der Waals surface area contributed by atoms with Crippen LogP contribution in [0.15, 0.2) is 29.3 Å². The number of aliphatic imine (C=N–C) groups is 1. The van der Waals surface area contributed by atoms with E-state index in [1.54, 1.807) is 0 Å². The van der Waals surface area contributed by atoms with Gasteiger partial charge in [0, 0.05) is 6.54 Å². The van der Waals surface area contributed by atoms with Gasteiger partial charge in [0.15, 0.2) is 28.4 Å². The maximum absolute atomic E-state index is 11.7. The zero-order valence-electron chi connectivity index (χ0n) is 12.4. The Morgan fingerprint density at radius 1 is 1.26 bits per heavy atom. The number of nitrogens with two attached hydrogens (primary N) is 3. The highest BCUT2D eigenvalue weighted by molar-refractivity contribution is 6.32. The number of anilines is 2. The lowest BCUT2D eigenvalue weighted by Crippen LogP contribution is -2.24. The SMILES string of the molecule is Cc1ccc(CNc2nc(N)c(C(=O)N=C(N)N)nc2Cl)cc1. The lowest BCUT2D eigenvalue weighted by molar-refractivity contribution is 0.0998. The van der Waals surface area contributed by atoms with Gasteiger partial charge in [0.05, 0.1) is 0 Å². The average Bonchev–Trinajstić information content (AvgIpc) is 2.48. The van der Waals surface area contributed by atoms with Crippen molar-refractivity contribution in [1.82, 2.24) is 9.97 Å². The van der Waals surface area contributed by atoms with Crippen molar-refractivity contribution in [2.24, 2.45) is 16.5 Å². The standard InChI is InChI=1S/C14H16ClN7O/c1-7-2-4-8(5-3-7)6-19-12-10(15)20-9(11(16)21-12)13(23)22-14(17)18/h2-5H,6H2,1H3,(H3,16,19,21)(H4,17,18,22,23). The molecule has 0 spiro atoms. The first-order valence-corrected chi connectivity index (χ1v) is 7.01. The van der Waals surface area contributed by atoms with Gasteiger partial charge >= 0.3 is 5.91 Å². The number of nitrogens with zero attached hydrogens (tertiary/aromatic N) is 3. The molecule has 0 bridgehead atoms. The van der Waals surface area contributed by atoms with Gasteiger partial charge in [-0.15, -0.1) is 0 Å².